The highest BCUT2D eigenvalue weighted by Gasteiger charge is 2.17. The highest BCUT2D eigenvalue weighted by molar-refractivity contribution is 5.99. The molecule has 0 saturated heterocycles. The zero-order chi connectivity index (χ0) is 23.9. The van der Waals surface area contributed by atoms with Crippen molar-refractivity contribution in [1.82, 2.24) is 0 Å². The molecule has 0 N–H and O–H groups in total. The molecule has 0 unspecified atom stereocenters. The number of methoxy groups -OCH3 is 2. The number of rotatable bonds is 7. The van der Waals surface area contributed by atoms with Crippen LogP contribution in [0, 0.1) is 0 Å². The van der Waals surface area contributed by atoms with Crippen LogP contribution in [0.15, 0.2) is 88.3 Å². The summed E-state index contributed by atoms with van der Waals surface area (Å²) in [7, 11) is 3.16. The predicted octanol–water partition coefficient (Wildman–Crippen LogP) is 5.93. The molecule has 0 bridgehead atoms. The van der Waals surface area contributed by atoms with Crippen molar-refractivity contribution in [2.75, 3.05) is 20.8 Å². The molecule has 1 aromatic heterocycles. The average molecular weight is 456 g/mol. The number of benzene rings is 3. The Morgan fingerprint density at radius 2 is 1.53 bits per heavy atom. The monoisotopic (exact) mass is 455 g/mol. The first-order chi connectivity index (χ1) is 16.6. The summed E-state index contributed by atoms with van der Waals surface area (Å²) in [4.78, 5) is 16.9. The normalized spacial score (nSPS) is 11.7. The van der Waals surface area contributed by atoms with Gasteiger partial charge in [0.15, 0.2) is 11.5 Å². The molecule has 0 fully saturated rings. The number of esters is 1. The van der Waals surface area contributed by atoms with E-state index in [2.05, 4.69) is 0 Å². The van der Waals surface area contributed by atoms with Gasteiger partial charge in [0.25, 0.3) is 0 Å². The molecule has 4 aromatic rings. The molecule has 6 nitrogen and oxygen atoms in total. The third-order valence-electron chi connectivity index (χ3n) is 5.18. The molecule has 0 aliphatic rings. The standard InChI is InChI=1S/C28H25NO5/c1-4-33-26(30)16-15-21-22-17-24(31-2)25(32-3)18-23(22)28(29-20-13-9-6-10-14-20)34-27(21)19-11-7-5-8-12-19/h5-18H,4H2,1-3H3/b16-15+,29-28?. The minimum absolute atomic E-state index is 0.291. The number of nitrogens with zero attached hydrogens (tertiary/aromatic N) is 1. The van der Waals surface area contributed by atoms with Gasteiger partial charge in [0, 0.05) is 28.0 Å². The van der Waals surface area contributed by atoms with Crippen LogP contribution in [-0.2, 0) is 9.53 Å². The second kappa shape index (κ2) is 10.5. The minimum Gasteiger partial charge on any atom is -0.493 e. The van der Waals surface area contributed by atoms with Crippen LogP contribution < -0.4 is 15.0 Å². The first-order valence-corrected chi connectivity index (χ1v) is 10.9. The van der Waals surface area contributed by atoms with Crippen LogP contribution in [0.25, 0.3) is 28.2 Å². The summed E-state index contributed by atoms with van der Waals surface area (Å²) >= 11 is 0. The molecule has 1 heterocycles. The maximum Gasteiger partial charge on any atom is 0.330 e. The zero-order valence-corrected chi connectivity index (χ0v) is 19.3. The van der Waals surface area contributed by atoms with Crippen molar-refractivity contribution < 1.29 is 23.4 Å². The van der Waals surface area contributed by atoms with E-state index in [-0.39, 0.29) is 0 Å². The Labute approximate surface area is 197 Å². The van der Waals surface area contributed by atoms with Gasteiger partial charge < -0.3 is 18.6 Å². The maximum atomic E-state index is 12.1. The number of fused-ring (bicyclic) bond motifs is 1. The Balaban J connectivity index is 2.11. The summed E-state index contributed by atoms with van der Waals surface area (Å²) in [5.74, 6) is 1.22. The minimum atomic E-state index is -0.437. The van der Waals surface area contributed by atoms with Crippen LogP contribution in [0.4, 0.5) is 5.69 Å². The van der Waals surface area contributed by atoms with Crippen LogP contribution in [0.1, 0.15) is 12.5 Å². The summed E-state index contributed by atoms with van der Waals surface area (Å²) in [5, 5.41) is 1.50. The Hall–Kier alpha value is -4.32. The first-order valence-electron chi connectivity index (χ1n) is 10.9. The van der Waals surface area contributed by atoms with Gasteiger partial charge in [0.2, 0.25) is 5.55 Å². The summed E-state index contributed by atoms with van der Waals surface area (Å²) in [6.45, 7) is 2.06. The summed E-state index contributed by atoms with van der Waals surface area (Å²) in [5.41, 5.74) is 2.69. The van der Waals surface area contributed by atoms with Crippen LogP contribution >= 0.6 is 0 Å². The summed E-state index contributed by atoms with van der Waals surface area (Å²) in [6, 6.07) is 22.9. The second-order valence-electron chi connectivity index (χ2n) is 7.30. The highest BCUT2D eigenvalue weighted by Crippen LogP contribution is 2.36. The van der Waals surface area contributed by atoms with Gasteiger partial charge in [-0.05, 0) is 37.3 Å². The number of para-hydroxylation sites is 1. The number of carbonyl (C=O) groups is 1. The molecule has 3 aromatic carbocycles. The fourth-order valence-corrected chi connectivity index (χ4v) is 3.62. The molecule has 0 saturated carbocycles. The van der Waals surface area contributed by atoms with Gasteiger partial charge >= 0.3 is 5.97 Å². The zero-order valence-electron chi connectivity index (χ0n) is 19.3. The van der Waals surface area contributed by atoms with Crippen molar-refractivity contribution in [3.8, 4) is 22.8 Å². The van der Waals surface area contributed by atoms with E-state index in [1.807, 2.05) is 72.8 Å². The number of hydrogen-bond acceptors (Lipinski definition) is 6. The van der Waals surface area contributed by atoms with E-state index < -0.39 is 5.97 Å². The van der Waals surface area contributed by atoms with Gasteiger partial charge in [-0.25, -0.2) is 9.79 Å². The van der Waals surface area contributed by atoms with Gasteiger partial charge in [0.1, 0.15) is 5.76 Å². The molecule has 6 heteroatoms. The van der Waals surface area contributed by atoms with Crippen LogP contribution in [0.2, 0.25) is 0 Å². The molecule has 0 radical (unpaired) electrons. The number of carbonyl (C=O) groups excluding carboxylic acids is 1. The first kappa shape index (κ1) is 22.9. The van der Waals surface area contributed by atoms with Gasteiger partial charge in [-0.3, -0.25) is 0 Å². The van der Waals surface area contributed by atoms with E-state index in [0.29, 0.717) is 40.4 Å². The fourth-order valence-electron chi connectivity index (χ4n) is 3.62. The van der Waals surface area contributed by atoms with E-state index in [4.69, 9.17) is 23.6 Å². The van der Waals surface area contributed by atoms with Crippen LogP contribution in [0.5, 0.6) is 11.5 Å². The Morgan fingerprint density at radius 3 is 2.15 bits per heavy atom. The van der Waals surface area contributed by atoms with E-state index in [1.54, 1.807) is 27.2 Å². The smallest absolute Gasteiger partial charge is 0.330 e. The molecule has 0 amide bonds. The van der Waals surface area contributed by atoms with Crippen molar-refractivity contribution in [3.63, 3.8) is 0 Å². The molecular weight excluding hydrogens is 430 g/mol. The topological polar surface area (TPSA) is 70.3 Å². The van der Waals surface area contributed by atoms with E-state index in [1.165, 1.54) is 6.08 Å². The molecule has 4 rings (SSSR count). The Bertz CT molecular complexity index is 1390. The lowest BCUT2D eigenvalue weighted by molar-refractivity contribution is -0.137. The van der Waals surface area contributed by atoms with Crippen LogP contribution in [-0.4, -0.2) is 26.8 Å². The predicted molar refractivity (Wildman–Crippen MR) is 132 cm³/mol. The average Bonchev–Trinajstić information content (AvgIpc) is 2.88. The van der Waals surface area contributed by atoms with Crippen molar-refractivity contribution in [1.29, 1.82) is 0 Å². The third kappa shape index (κ3) is 4.86. The van der Waals surface area contributed by atoms with Crippen LogP contribution in [0.3, 0.4) is 0 Å². The van der Waals surface area contributed by atoms with E-state index >= 15 is 0 Å². The maximum absolute atomic E-state index is 12.1. The lowest BCUT2D eigenvalue weighted by atomic mass is 10.00. The summed E-state index contributed by atoms with van der Waals surface area (Å²) in [6.07, 6.45) is 3.09. The second-order valence-corrected chi connectivity index (χ2v) is 7.30. The lowest BCUT2D eigenvalue weighted by Crippen LogP contribution is -2.07. The molecule has 0 aliphatic carbocycles. The number of ether oxygens (including phenoxy) is 3. The fraction of sp³-hybridized carbons (Fsp3) is 0.143. The molecule has 0 aliphatic heterocycles. The molecule has 34 heavy (non-hydrogen) atoms. The van der Waals surface area contributed by atoms with Crippen molar-refractivity contribution in [3.05, 3.63) is 90.0 Å². The third-order valence-corrected chi connectivity index (χ3v) is 5.18. The molecule has 172 valence electrons. The summed E-state index contributed by atoms with van der Waals surface area (Å²) < 4.78 is 22.6. The van der Waals surface area contributed by atoms with Crippen molar-refractivity contribution in [2.45, 2.75) is 6.92 Å². The van der Waals surface area contributed by atoms with Gasteiger partial charge in [-0.2, -0.15) is 0 Å². The number of hydrogen-bond donors (Lipinski definition) is 0. The van der Waals surface area contributed by atoms with Gasteiger partial charge in [0.05, 0.1) is 26.5 Å². The van der Waals surface area contributed by atoms with Gasteiger partial charge in [-0.1, -0.05) is 48.5 Å². The highest BCUT2D eigenvalue weighted by atomic mass is 16.5. The van der Waals surface area contributed by atoms with E-state index in [9.17, 15) is 4.79 Å². The lowest BCUT2D eigenvalue weighted by Gasteiger charge is -2.14. The largest absolute Gasteiger partial charge is 0.493 e. The van der Waals surface area contributed by atoms with Gasteiger partial charge in [-0.15, -0.1) is 0 Å². The van der Waals surface area contributed by atoms with E-state index in [0.717, 1.165) is 16.6 Å². The Morgan fingerprint density at radius 1 is 0.912 bits per heavy atom. The van der Waals surface area contributed by atoms with Crippen molar-refractivity contribution in [2.24, 2.45) is 4.99 Å². The quantitative estimate of drug-likeness (QED) is 0.255. The molecule has 0 atom stereocenters. The Kier molecular flexibility index (Phi) is 7.08. The molecule has 0 spiro atoms. The molecular formula is C28H25NO5. The SMILES string of the molecule is CCOC(=O)/C=C/c1c(-c2ccccc2)oc(=Nc2ccccc2)c2cc(OC)c(OC)cc12. The van der Waals surface area contributed by atoms with Crippen molar-refractivity contribution >= 4 is 28.5 Å².